The van der Waals surface area contributed by atoms with Crippen molar-refractivity contribution in [1.29, 1.82) is 0 Å². The van der Waals surface area contributed by atoms with Crippen LogP contribution in [0.15, 0.2) is 0 Å². The van der Waals surface area contributed by atoms with Crippen molar-refractivity contribution in [2.75, 3.05) is 26.4 Å². The minimum absolute atomic E-state index is 0.0518. The van der Waals surface area contributed by atoms with E-state index in [2.05, 4.69) is 4.74 Å². The van der Waals surface area contributed by atoms with Crippen LogP contribution in [-0.4, -0.2) is 54.9 Å². The lowest BCUT2D eigenvalue weighted by molar-refractivity contribution is -0.150. The van der Waals surface area contributed by atoms with Crippen molar-refractivity contribution < 1.29 is 34.0 Å². The maximum Gasteiger partial charge on any atom is 0.505 e. The third-order valence-electron chi connectivity index (χ3n) is 1.40. The molecule has 2 N–H and O–H groups in total. The van der Waals surface area contributed by atoms with Crippen molar-refractivity contribution >= 4 is 12.1 Å². The third-order valence-corrected chi connectivity index (χ3v) is 1.40. The molecule has 0 rings (SSSR count). The Bertz CT molecular complexity index is 203. The number of hydrogen-bond donors (Lipinski definition) is 2. The number of hydrogen-bond acceptors (Lipinski definition) is 5. The molecule has 0 saturated carbocycles. The number of carbonyl (C=O) groups is 2. The quantitative estimate of drug-likeness (QED) is 0.446. The van der Waals surface area contributed by atoms with Gasteiger partial charge in [0.15, 0.2) is 6.10 Å². The van der Waals surface area contributed by atoms with E-state index < -0.39 is 18.2 Å². The Balaban J connectivity index is 3.18. The van der Waals surface area contributed by atoms with Crippen LogP contribution in [0.3, 0.4) is 0 Å². The van der Waals surface area contributed by atoms with Gasteiger partial charge in [0.05, 0.1) is 19.8 Å². The summed E-state index contributed by atoms with van der Waals surface area (Å²) in [5.41, 5.74) is 0. The second-order valence-corrected chi connectivity index (χ2v) is 2.58. The van der Waals surface area contributed by atoms with E-state index in [4.69, 9.17) is 19.7 Å². The zero-order chi connectivity index (χ0) is 11.7. The smallest absolute Gasteiger partial charge is 0.479 e. The fourth-order valence-corrected chi connectivity index (χ4v) is 0.645. The Kier molecular flexibility index (Phi) is 7.29. The summed E-state index contributed by atoms with van der Waals surface area (Å²) in [5.74, 6) is -1.04. The molecule has 0 amide bonds. The lowest BCUT2D eigenvalue weighted by atomic mass is 10.4. The summed E-state index contributed by atoms with van der Waals surface area (Å²) < 4.78 is 13.9. The maximum atomic E-state index is 10.3. The standard InChI is InChI=1S/C8H14O7/c1-6(7(9)10)14-4-2-13-3-5-15-8(11)12/h6H,2-5H2,1H3,(H,9,10)(H,11,12). The van der Waals surface area contributed by atoms with Gasteiger partial charge in [-0.25, -0.2) is 9.59 Å². The highest BCUT2D eigenvalue weighted by molar-refractivity contribution is 5.71. The molecule has 15 heavy (non-hydrogen) atoms. The molecular formula is C8H14O7. The summed E-state index contributed by atoms with van der Waals surface area (Å²) in [6.45, 7) is 1.82. The zero-order valence-electron chi connectivity index (χ0n) is 8.34. The van der Waals surface area contributed by atoms with Gasteiger partial charge in [0, 0.05) is 0 Å². The second-order valence-electron chi connectivity index (χ2n) is 2.58. The molecule has 0 heterocycles. The van der Waals surface area contributed by atoms with Crippen molar-refractivity contribution in [3.05, 3.63) is 0 Å². The molecule has 0 aliphatic carbocycles. The number of aliphatic carboxylic acids is 1. The van der Waals surface area contributed by atoms with Gasteiger partial charge in [-0.2, -0.15) is 0 Å². The molecule has 0 fully saturated rings. The van der Waals surface area contributed by atoms with Crippen LogP contribution in [0.5, 0.6) is 0 Å². The molecule has 0 aromatic rings. The van der Waals surface area contributed by atoms with Gasteiger partial charge in [-0.3, -0.25) is 0 Å². The predicted octanol–water partition coefficient (Wildman–Crippen LogP) is 0.187. The monoisotopic (exact) mass is 222 g/mol. The molecule has 88 valence electrons. The van der Waals surface area contributed by atoms with E-state index in [0.29, 0.717) is 0 Å². The lowest BCUT2D eigenvalue weighted by Crippen LogP contribution is -2.22. The van der Waals surface area contributed by atoms with Crippen LogP contribution in [0.25, 0.3) is 0 Å². The Labute approximate surface area is 86.5 Å². The highest BCUT2D eigenvalue weighted by Gasteiger charge is 2.09. The van der Waals surface area contributed by atoms with E-state index in [-0.39, 0.29) is 26.4 Å². The summed E-state index contributed by atoms with van der Waals surface area (Å²) >= 11 is 0. The van der Waals surface area contributed by atoms with Gasteiger partial charge in [0.2, 0.25) is 0 Å². The number of rotatable bonds is 8. The summed E-state index contributed by atoms with van der Waals surface area (Å²) in [7, 11) is 0. The molecule has 0 spiro atoms. The first-order valence-corrected chi connectivity index (χ1v) is 4.32. The van der Waals surface area contributed by atoms with E-state index in [0.717, 1.165) is 0 Å². The van der Waals surface area contributed by atoms with Gasteiger partial charge >= 0.3 is 12.1 Å². The maximum absolute atomic E-state index is 10.3. The lowest BCUT2D eigenvalue weighted by Gasteiger charge is -2.08. The Morgan fingerprint density at radius 3 is 2.27 bits per heavy atom. The van der Waals surface area contributed by atoms with Crippen LogP contribution in [0, 0.1) is 0 Å². The molecule has 0 saturated heterocycles. The van der Waals surface area contributed by atoms with E-state index in [1.54, 1.807) is 0 Å². The molecule has 0 aromatic carbocycles. The van der Waals surface area contributed by atoms with Gasteiger partial charge in [0.1, 0.15) is 6.61 Å². The molecule has 7 heteroatoms. The summed E-state index contributed by atoms with van der Waals surface area (Å²) in [4.78, 5) is 20.2. The minimum atomic E-state index is -1.35. The van der Waals surface area contributed by atoms with Crippen molar-refractivity contribution in [2.45, 2.75) is 13.0 Å². The van der Waals surface area contributed by atoms with Gasteiger partial charge in [-0.1, -0.05) is 0 Å². The van der Waals surface area contributed by atoms with Crippen LogP contribution in [0.1, 0.15) is 6.92 Å². The molecular weight excluding hydrogens is 208 g/mol. The van der Waals surface area contributed by atoms with Crippen LogP contribution in [-0.2, 0) is 19.0 Å². The van der Waals surface area contributed by atoms with Gasteiger partial charge < -0.3 is 24.4 Å². The first-order chi connectivity index (χ1) is 7.04. The second kappa shape index (κ2) is 8.01. The average molecular weight is 222 g/mol. The number of ether oxygens (including phenoxy) is 3. The Morgan fingerprint density at radius 1 is 1.13 bits per heavy atom. The summed E-state index contributed by atoms with van der Waals surface area (Å²) in [5, 5.41) is 16.5. The van der Waals surface area contributed by atoms with Gasteiger partial charge in [-0.05, 0) is 6.92 Å². The van der Waals surface area contributed by atoms with E-state index in [9.17, 15) is 9.59 Å². The van der Waals surface area contributed by atoms with Gasteiger partial charge in [-0.15, -0.1) is 0 Å². The van der Waals surface area contributed by atoms with Crippen molar-refractivity contribution in [2.24, 2.45) is 0 Å². The molecule has 7 nitrogen and oxygen atoms in total. The molecule has 0 aromatic heterocycles. The minimum Gasteiger partial charge on any atom is -0.479 e. The SMILES string of the molecule is CC(OCCOCCOC(=O)O)C(=O)O. The molecule has 1 atom stereocenters. The van der Waals surface area contributed by atoms with Crippen molar-refractivity contribution in [3.63, 3.8) is 0 Å². The number of carboxylic acids is 1. The summed E-state index contributed by atoms with van der Waals surface area (Å²) in [6, 6.07) is 0. The fraction of sp³-hybridized carbons (Fsp3) is 0.750. The molecule has 0 aliphatic rings. The molecule has 0 radical (unpaired) electrons. The number of carboxylic acid groups (broad SMARTS) is 2. The Hall–Kier alpha value is -1.34. The molecule has 0 bridgehead atoms. The first kappa shape index (κ1) is 13.7. The fourth-order valence-electron chi connectivity index (χ4n) is 0.645. The highest BCUT2D eigenvalue weighted by atomic mass is 16.7. The summed E-state index contributed by atoms with van der Waals surface area (Å²) in [6.07, 6.45) is -2.22. The van der Waals surface area contributed by atoms with Crippen molar-refractivity contribution in [3.8, 4) is 0 Å². The van der Waals surface area contributed by atoms with Crippen molar-refractivity contribution in [1.82, 2.24) is 0 Å². The van der Waals surface area contributed by atoms with Gasteiger partial charge in [0.25, 0.3) is 0 Å². The zero-order valence-corrected chi connectivity index (χ0v) is 8.34. The van der Waals surface area contributed by atoms with Crippen LogP contribution >= 0.6 is 0 Å². The Morgan fingerprint density at radius 2 is 1.73 bits per heavy atom. The van der Waals surface area contributed by atoms with E-state index in [1.165, 1.54) is 6.92 Å². The average Bonchev–Trinajstić information content (AvgIpc) is 2.15. The van der Waals surface area contributed by atoms with Crippen LogP contribution < -0.4 is 0 Å². The van der Waals surface area contributed by atoms with Crippen LogP contribution in [0.4, 0.5) is 4.79 Å². The third kappa shape index (κ3) is 8.98. The topological polar surface area (TPSA) is 102 Å². The van der Waals surface area contributed by atoms with E-state index >= 15 is 0 Å². The highest BCUT2D eigenvalue weighted by Crippen LogP contribution is 1.90. The predicted molar refractivity (Wildman–Crippen MR) is 47.8 cm³/mol. The van der Waals surface area contributed by atoms with E-state index in [1.807, 2.05) is 0 Å². The first-order valence-electron chi connectivity index (χ1n) is 4.32. The molecule has 1 unspecified atom stereocenters. The normalized spacial score (nSPS) is 12.1. The van der Waals surface area contributed by atoms with Crippen LogP contribution in [0.2, 0.25) is 0 Å². The molecule has 0 aliphatic heterocycles. The largest absolute Gasteiger partial charge is 0.505 e.